The van der Waals surface area contributed by atoms with Gasteiger partial charge in [0.05, 0.1) is 17.9 Å². The highest BCUT2D eigenvalue weighted by Crippen LogP contribution is 2.27. The molecule has 2 aromatic rings. The summed E-state index contributed by atoms with van der Waals surface area (Å²) in [4.78, 5) is 9.17. The van der Waals surface area contributed by atoms with Crippen molar-refractivity contribution in [3.05, 3.63) is 33.9 Å². The monoisotopic (exact) mass is 268 g/mol. The standard InChI is InChI=1S/C11H13ClN4S/c1-2-8(9-4-3-5-17-9)15-10-7(13)6-14-11(12)16-10/h3-6,8H,2,13H2,1H3,(H,14,15,16). The maximum atomic E-state index is 5.80. The normalized spacial score (nSPS) is 12.4. The van der Waals surface area contributed by atoms with Crippen LogP contribution in [0.4, 0.5) is 11.5 Å². The number of thiophene rings is 1. The number of anilines is 2. The summed E-state index contributed by atoms with van der Waals surface area (Å²) >= 11 is 7.46. The fourth-order valence-electron chi connectivity index (χ4n) is 1.51. The molecule has 0 aliphatic rings. The van der Waals surface area contributed by atoms with Gasteiger partial charge in [0.25, 0.3) is 0 Å². The molecule has 0 aromatic carbocycles. The van der Waals surface area contributed by atoms with Crippen LogP contribution in [0.1, 0.15) is 24.3 Å². The van der Waals surface area contributed by atoms with Gasteiger partial charge >= 0.3 is 0 Å². The molecule has 0 bridgehead atoms. The summed E-state index contributed by atoms with van der Waals surface area (Å²) < 4.78 is 0. The van der Waals surface area contributed by atoms with Gasteiger partial charge in [-0.1, -0.05) is 13.0 Å². The lowest BCUT2D eigenvalue weighted by Gasteiger charge is -2.17. The van der Waals surface area contributed by atoms with Crippen LogP contribution in [0.2, 0.25) is 5.28 Å². The van der Waals surface area contributed by atoms with Gasteiger partial charge in [0.1, 0.15) is 0 Å². The molecule has 1 unspecified atom stereocenters. The number of nitrogen functional groups attached to an aromatic ring is 1. The van der Waals surface area contributed by atoms with Gasteiger partial charge in [0.2, 0.25) is 5.28 Å². The average molecular weight is 269 g/mol. The van der Waals surface area contributed by atoms with Crippen molar-refractivity contribution in [2.24, 2.45) is 0 Å². The minimum absolute atomic E-state index is 0.197. The Balaban J connectivity index is 2.21. The number of nitrogens with two attached hydrogens (primary N) is 1. The Bertz CT molecular complexity index is 486. The lowest BCUT2D eigenvalue weighted by molar-refractivity contribution is 0.758. The van der Waals surface area contributed by atoms with E-state index in [1.165, 1.54) is 11.1 Å². The maximum Gasteiger partial charge on any atom is 0.224 e. The van der Waals surface area contributed by atoms with Crippen molar-refractivity contribution >= 4 is 34.4 Å². The molecule has 0 aliphatic carbocycles. The second kappa shape index (κ2) is 5.33. The molecule has 0 saturated carbocycles. The first-order chi connectivity index (χ1) is 8.20. The number of hydrogen-bond acceptors (Lipinski definition) is 5. The summed E-state index contributed by atoms with van der Waals surface area (Å²) in [6.07, 6.45) is 2.46. The summed E-state index contributed by atoms with van der Waals surface area (Å²) in [5, 5.41) is 5.54. The van der Waals surface area contributed by atoms with Crippen LogP contribution in [-0.2, 0) is 0 Å². The molecule has 0 fully saturated rings. The second-order valence-corrected chi connectivity index (χ2v) is 4.88. The predicted octanol–water partition coefficient (Wildman–Crippen LogP) is 3.34. The number of halogens is 1. The molecule has 4 nitrogen and oxygen atoms in total. The number of aromatic nitrogens is 2. The SMILES string of the molecule is CCC(Nc1nc(Cl)ncc1N)c1cccs1. The predicted molar refractivity (Wildman–Crippen MR) is 72.4 cm³/mol. The van der Waals surface area contributed by atoms with Crippen molar-refractivity contribution in [2.75, 3.05) is 11.1 Å². The number of rotatable bonds is 4. The van der Waals surface area contributed by atoms with Crippen LogP contribution in [0, 0.1) is 0 Å². The van der Waals surface area contributed by atoms with Crippen LogP contribution in [-0.4, -0.2) is 9.97 Å². The van der Waals surface area contributed by atoms with Crippen LogP contribution in [0.3, 0.4) is 0 Å². The van der Waals surface area contributed by atoms with E-state index in [9.17, 15) is 0 Å². The second-order valence-electron chi connectivity index (χ2n) is 3.56. The van der Waals surface area contributed by atoms with Gasteiger partial charge < -0.3 is 11.1 Å². The van der Waals surface area contributed by atoms with Crippen molar-refractivity contribution in [3.8, 4) is 0 Å². The number of nitrogens with one attached hydrogen (secondary N) is 1. The van der Waals surface area contributed by atoms with Gasteiger partial charge in [-0.3, -0.25) is 0 Å². The Morgan fingerprint density at radius 2 is 2.41 bits per heavy atom. The zero-order chi connectivity index (χ0) is 12.3. The maximum absolute atomic E-state index is 5.80. The van der Waals surface area contributed by atoms with Crippen molar-refractivity contribution in [1.29, 1.82) is 0 Å². The van der Waals surface area contributed by atoms with Crippen molar-refractivity contribution < 1.29 is 0 Å². The van der Waals surface area contributed by atoms with E-state index >= 15 is 0 Å². The van der Waals surface area contributed by atoms with Gasteiger partial charge in [0, 0.05) is 4.88 Å². The lowest BCUT2D eigenvalue weighted by Crippen LogP contribution is -2.11. The number of nitrogens with zero attached hydrogens (tertiary/aromatic N) is 2. The first-order valence-electron chi connectivity index (χ1n) is 5.28. The molecule has 0 saturated heterocycles. The Hall–Kier alpha value is -1.33. The van der Waals surface area contributed by atoms with E-state index in [0.29, 0.717) is 11.5 Å². The molecular weight excluding hydrogens is 256 g/mol. The van der Waals surface area contributed by atoms with Crippen LogP contribution < -0.4 is 11.1 Å². The highest BCUT2D eigenvalue weighted by Gasteiger charge is 2.13. The molecule has 2 aromatic heterocycles. The molecule has 17 heavy (non-hydrogen) atoms. The topological polar surface area (TPSA) is 63.8 Å². The van der Waals surface area contributed by atoms with Crippen LogP contribution in [0.15, 0.2) is 23.7 Å². The summed E-state index contributed by atoms with van der Waals surface area (Å²) in [6, 6.07) is 4.31. The van der Waals surface area contributed by atoms with E-state index in [-0.39, 0.29) is 11.3 Å². The van der Waals surface area contributed by atoms with E-state index in [1.807, 2.05) is 6.07 Å². The molecule has 0 amide bonds. The molecule has 1 atom stereocenters. The molecule has 6 heteroatoms. The van der Waals surface area contributed by atoms with E-state index < -0.39 is 0 Å². The summed E-state index contributed by atoms with van der Waals surface area (Å²) in [5.74, 6) is 0.588. The zero-order valence-electron chi connectivity index (χ0n) is 9.35. The minimum atomic E-state index is 0.197. The molecule has 2 heterocycles. The van der Waals surface area contributed by atoms with Gasteiger partial charge in [-0.15, -0.1) is 11.3 Å². The highest BCUT2D eigenvalue weighted by atomic mass is 35.5. The Morgan fingerprint density at radius 1 is 1.59 bits per heavy atom. The van der Waals surface area contributed by atoms with Crippen molar-refractivity contribution in [1.82, 2.24) is 9.97 Å². The largest absolute Gasteiger partial charge is 0.394 e. The molecular formula is C11H13ClN4S. The molecule has 0 aliphatic heterocycles. The fourth-order valence-corrected chi connectivity index (χ4v) is 2.51. The molecule has 2 rings (SSSR count). The van der Waals surface area contributed by atoms with Crippen LogP contribution in [0.25, 0.3) is 0 Å². The van der Waals surface area contributed by atoms with E-state index in [4.69, 9.17) is 17.3 Å². The lowest BCUT2D eigenvalue weighted by atomic mass is 10.2. The van der Waals surface area contributed by atoms with E-state index in [0.717, 1.165) is 6.42 Å². The number of hydrogen-bond donors (Lipinski definition) is 2. The zero-order valence-corrected chi connectivity index (χ0v) is 10.9. The molecule has 90 valence electrons. The van der Waals surface area contributed by atoms with Crippen LogP contribution >= 0.6 is 22.9 Å². The Kier molecular flexibility index (Phi) is 3.81. The Labute approximate surface area is 109 Å². The minimum Gasteiger partial charge on any atom is -0.394 e. The Morgan fingerprint density at radius 3 is 3.06 bits per heavy atom. The van der Waals surface area contributed by atoms with Gasteiger partial charge in [-0.25, -0.2) is 4.98 Å². The third kappa shape index (κ3) is 2.87. The van der Waals surface area contributed by atoms with Crippen molar-refractivity contribution in [3.63, 3.8) is 0 Å². The first-order valence-corrected chi connectivity index (χ1v) is 6.54. The third-order valence-electron chi connectivity index (χ3n) is 2.39. The van der Waals surface area contributed by atoms with E-state index in [1.54, 1.807) is 11.3 Å². The first kappa shape index (κ1) is 12.1. The summed E-state index contributed by atoms with van der Waals surface area (Å²) in [5.41, 5.74) is 6.31. The quantitative estimate of drug-likeness (QED) is 0.835. The van der Waals surface area contributed by atoms with Gasteiger partial charge in [-0.2, -0.15) is 4.98 Å². The van der Waals surface area contributed by atoms with Gasteiger partial charge in [0.15, 0.2) is 5.82 Å². The molecule has 0 radical (unpaired) electrons. The van der Waals surface area contributed by atoms with Crippen molar-refractivity contribution in [2.45, 2.75) is 19.4 Å². The molecule has 0 spiro atoms. The third-order valence-corrected chi connectivity index (χ3v) is 3.56. The average Bonchev–Trinajstić information content (AvgIpc) is 2.84. The van der Waals surface area contributed by atoms with Crippen LogP contribution in [0.5, 0.6) is 0 Å². The summed E-state index contributed by atoms with van der Waals surface area (Å²) in [6.45, 7) is 2.11. The molecule has 3 N–H and O–H groups in total. The fraction of sp³-hybridized carbons (Fsp3) is 0.273. The van der Waals surface area contributed by atoms with Gasteiger partial charge in [-0.05, 0) is 29.5 Å². The summed E-state index contributed by atoms with van der Waals surface area (Å²) in [7, 11) is 0. The smallest absolute Gasteiger partial charge is 0.224 e. The highest BCUT2D eigenvalue weighted by molar-refractivity contribution is 7.10. The van der Waals surface area contributed by atoms with E-state index in [2.05, 4.69) is 33.7 Å².